The molecule has 4 aromatic heterocycles. The van der Waals surface area contributed by atoms with Crippen LogP contribution < -0.4 is 26.6 Å². The summed E-state index contributed by atoms with van der Waals surface area (Å²) >= 11 is 11.5. The fourth-order valence-electron chi connectivity index (χ4n) is 16.0. The summed E-state index contributed by atoms with van der Waals surface area (Å²) in [5, 5.41) is 49.8. The third kappa shape index (κ3) is 20.2. The minimum absolute atomic E-state index is 0.00838. The maximum atomic E-state index is 15.0. The molecular formula is C80H85Cl2F13N20O11. The van der Waals surface area contributed by atoms with E-state index in [0.717, 1.165) is 46.0 Å². The molecule has 16 rings (SSSR count). The van der Waals surface area contributed by atoms with Crippen molar-refractivity contribution >= 4 is 93.7 Å². The first-order valence-electron chi connectivity index (χ1n) is 39.6. The van der Waals surface area contributed by atoms with E-state index in [2.05, 4.69) is 47.0 Å². The number of hydrogen-bond acceptors (Lipinski definition) is 15. The van der Waals surface area contributed by atoms with E-state index in [1.807, 2.05) is 0 Å². The molecule has 7 N–H and O–H groups in total. The predicted molar refractivity (Wildman–Crippen MR) is 426 cm³/mol. The Morgan fingerprint density at radius 2 is 0.944 bits per heavy atom. The van der Waals surface area contributed by atoms with Gasteiger partial charge in [0.15, 0.2) is 5.67 Å². The Labute approximate surface area is 719 Å². The quantitative estimate of drug-likeness (QED) is 0.0626. The van der Waals surface area contributed by atoms with Crippen molar-refractivity contribution in [1.82, 2.24) is 78.7 Å². The first-order valence-corrected chi connectivity index (χ1v) is 40.4. The van der Waals surface area contributed by atoms with Gasteiger partial charge in [0.1, 0.15) is 52.7 Å². The molecule has 4 aromatic carbocycles. The highest BCUT2D eigenvalue weighted by molar-refractivity contribution is 6.31. The average Bonchev–Trinajstić information content (AvgIpc) is 1.60. The minimum Gasteiger partial charge on any atom is -0.396 e. The third-order valence-electron chi connectivity index (χ3n) is 22.4. The van der Waals surface area contributed by atoms with E-state index in [4.69, 9.17) is 27.9 Å². The number of aliphatic hydroxyl groups is 2. The number of nitrogens with one attached hydrogen (secondary N) is 5. The summed E-state index contributed by atoms with van der Waals surface area (Å²) in [6, 6.07) is 9.31. The Kier molecular flexibility index (Phi) is 27.3. The van der Waals surface area contributed by atoms with Crippen LogP contribution in [0.15, 0.2) is 72.8 Å². The lowest BCUT2D eigenvalue weighted by molar-refractivity contribution is -0.140. The number of carbonyl (C=O) groups is 8. The minimum atomic E-state index is -4.93. The van der Waals surface area contributed by atoms with Gasteiger partial charge in [-0.05, 0) is 93.1 Å². The van der Waals surface area contributed by atoms with Gasteiger partial charge in [0.2, 0.25) is 0 Å². The molecule has 0 spiro atoms. The number of ether oxygens (including phenoxy) is 1. The molecule has 0 fully saturated rings. The molecule has 0 saturated carbocycles. The fourth-order valence-corrected chi connectivity index (χ4v) is 16.4. The van der Waals surface area contributed by atoms with Crippen molar-refractivity contribution in [3.05, 3.63) is 185 Å². The van der Waals surface area contributed by atoms with Crippen molar-refractivity contribution in [2.24, 2.45) is 11.8 Å². The average molecular weight is 1820 g/mol. The number of hydrogen-bond donors (Lipinski definition) is 7. The van der Waals surface area contributed by atoms with Gasteiger partial charge in [-0.1, -0.05) is 23.2 Å². The molecule has 126 heavy (non-hydrogen) atoms. The summed E-state index contributed by atoms with van der Waals surface area (Å²) in [6.07, 6.45) is -10.0. The molecule has 5 unspecified atom stereocenters. The van der Waals surface area contributed by atoms with Gasteiger partial charge in [-0.3, -0.25) is 37.9 Å². The van der Waals surface area contributed by atoms with Gasteiger partial charge in [0.05, 0.1) is 96.4 Å². The van der Waals surface area contributed by atoms with Crippen molar-refractivity contribution in [2.75, 3.05) is 108 Å². The van der Waals surface area contributed by atoms with Gasteiger partial charge < -0.3 is 75.8 Å². The zero-order chi connectivity index (χ0) is 91.0. The number of aromatic nitrogens is 8. The number of nitrogens with zero attached hydrogens (tertiary/aromatic N) is 15. The van der Waals surface area contributed by atoms with Gasteiger partial charge >= 0.3 is 36.5 Å². The molecule has 8 aromatic rings. The van der Waals surface area contributed by atoms with E-state index in [0.29, 0.717) is 128 Å². The molecule has 5 atom stereocenters. The monoisotopic (exact) mass is 1820 g/mol. The van der Waals surface area contributed by atoms with Crippen LogP contribution in [0.1, 0.15) is 118 Å². The Morgan fingerprint density at radius 1 is 0.524 bits per heavy atom. The lowest BCUT2D eigenvalue weighted by atomic mass is 9.99. The van der Waals surface area contributed by atoms with Crippen molar-refractivity contribution < 1.29 is 110 Å². The second kappa shape index (κ2) is 37.4. The number of aliphatic hydroxyl groups excluding tert-OH is 2. The van der Waals surface area contributed by atoms with E-state index < -0.39 is 102 Å². The number of anilines is 4. The standard InChI is InChI=1S/C23H25F6N5O3.C21H22F5N5O3.C18H19ClFN5O3.C18H19ClFN5O2/c1-12-5-18-15(9-33(12)22(36)30-14-3-4-17(24)16(6-14)23(27,28)29)20-21(35)32(2)7-13(8-34(20)31-18)10-37-11-19(25)26;1-11-5-16-13(17-18(33)29(2)8-20(23,10-32)9-31(17)28-16)7-30(11)19(34)27-12-3-4-15(22)14(6-12)21(24,25)26;19-13-5-11(1-2-14(13)20)22-18(28)24-4-3-15-12(8-24)16-17(27)21-6-10(9-26)7-25(16)23-15;1-23-6-2-7-25-16(17(23)26)12-10-24(8-5-15(12)22-25)18(27)21-11-3-4-14(20)13(19)9-11/h3-4,6,12-13,19H,5,7-11H2,1-2H3,(H,30,36);3-4,6,11,32H,5,7-10H2,1-2H3,(H,27,34);1-2,5,10,26H,3-4,6-9H2,(H,21,27)(H,22,28);3-4,9H,2,5-8,10H2,1H3,(H,21,27). The number of fused-ring (bicyclic) bond motifs is 12. The van der Waals surface area contributed by atoms with Crippen LogP contribution in [0.5, 0.6) is 0 Å². The van der Waals surface area contributed by atoms with E-state index in [-0.39, 0.29) is 146 Å². The molecule has 0 saturated heterocycles. The molecule has 12 heterocycles. The summed E-state index contributed by atoms with van der Waals surface area (Å²) in [6.45, 7) is 5.24. The smallest absolute Gasteiger partial charge is 0.396 e. The Morgan fingerprint density at radius 3 is 1.44 bits per heavy atom. The van der Waals surface area contributed by atoms with Crippen LogP contribution in [0.25, 0.3) is 0 Å². The van der Waals surface area contributed by atoms with Gasteiger partial charge in [-0.15, -0.1) is 0 Å². The van der Waals surface area contributed by atoms with Crippen LogP contribution in [-0.2, 0) is 95.1 Å². The largest absolute Gasteiger partial charge is 0.419 e. The van der Waals surface area contributed by atoms with Crippen molar-refractivity contribution in [3.63, 3.8) is 0 Å². The SMILES string of the molecule is CC1Cc2nn3c(c2CN1C(=O)Nc1ccc(F)c(C(F)(F)F)c1)C(=O)N(C)CC(COCC(F)F)C3.CC1Cc2nn3c(c2CN1C(=O)Nc1ccc(F)c(C(F)(F)F)c1)C(=O)N(C)CC(F)(CO)C3.CN1CCCn2nc3c(c2C1=O)CN(C(=O)Nc1ccc(F)c(Cl)c1)CC3.O=C1NCC(CO)Cn2nc3c(c21)CN(C(=O)Nc1ccc(F)c(Cl)c1)CC3. The van der Waals surface area contributed by atoms with Crippen molar-refractivity contribution in [1.29, 1.82) is 0 Å². The van der Waals surface area contributed by atoms with Crippen LogP contribution in [0.2, 0.25) is 10.0 Å². The number of urea groups is 4. The molecule has 31 nitrogen and oxygen atoms in total. The van der Waals surface area contributed by atoms with Crippen molar-refractivity contribution in [2.45, 2.75) is 135 Å². The number of rotatable bonds is 10. The molecule has 0 radical (unpaired) electrons. The predicted octanol–water partition coefficient (Wildman–Crippen LogP) is 11.2. The highest BCUT2D eigenvalue weighted by Crippen LogP contribution is 2.39. The molecule has 0 bridgehead atoms. The van der Waals surface area contributed by atoms with Gasteiger partial charge in [-0.2, -0.15) is 46.7 Å². The molecule has 676 valence electrons. The number of halogens is 15. The van der Waals surface area contributed by atoms with Gasteiger partial charge in [-0.25, -0.2) is 49.9 Å². The molecule has 46 heteroatoms. The lowest BCUT2D eigenvalue weighted by Gasteiger charge is -2.33. The highest BCUT2D eigenvalue weighted by atomic mass is 35.5. The number of benzene rings is 4. The van der Waals surface area contributed by atoms with Crippen LogP contribution in [0, 0.1) is 35.1 Å². The molecular weight excluding hydrogens is 1730 g/mol. The number of amides is 12. The summed E-state index contributed by atoms with van der Waals surface area (Å²) < 4.78 is 183. The fraction of sp³-hybridized carbons (Fsp3) is 0.450. The second-order valence-corrected chi connectivity index (χ2v) is 32.5. The summed E-state index contributed by atoms with van der Waals surface area (Å²) in [5.74, 6) is -5.59. The van der Waals surface area contributed by atoms with E-state index >= 15 is 4.39 Å². The van der Waals surface area contributed by atoms with E-state index in [1.165, 1.54) is 67.5 Å². The van der Waals surface area contributed by atoms with Crippen molar-refractivity contribution in [3.8, 4) is 0 Å². The number of carbonyl (C=O) groups excluding carboxylic acids is 8. The molecule has 8 aliphatic rings. The van der Waals surface area contributed by atoms with Crippen LogP contribution in [0.3, 0.4) is 0 Å². The Bertz CT molecular complexity index is 5540. The highest BCUT2D eigenvalue weighted by Gasteiger charge is 2.45. The van der Waals surface area contributed by atoms with Gasteiger partial charge in [0.25, 0.3) is 30.1 Å². The van der Waals surface area contributed by atoms with E-state index in [9.17, 15) is 101 Å². The normalized spacial score (nSPS) is 19.8. The molecule has 12 amide bonds. The Hall–Kier alpha value is -11.8. The summed E-state index contributed by atoms with van der Waals surface area (Å²) in [4.78, 5) is 113. The first-order chi connectivity index (χ1) is 59.6. The van der Waals surface area contributed by atoms with Gasteiger partial charge in [0, 0.05) is 175 Å². The Balaban J connectivity index is 0.000000145. The number of aryl methyl sites for hydroxylation is 1. The van der Waals surface area contributed by atoms with Crippen LogP contribution in [-0.4, -0.2) is 242 Å². The zero-order valence-electron chi connectivity index (χ0n) is 68.0. The summed E-state index contributed by atoms with van der Waals surface area (Å²) in [7, 11) is 4.74. The lowest BCUT2D eigenvalue weighted by Crippen LogP contribution is -2.45. The maximum absolute atomic E-state index is 15.0. The number of alkyl halides is 9. The first kappa shape index (κ1) is 91.9. The van der Waals surface area contributed by atoms with Crippen LogP contribution >= 0.6 is 23.2 Å². The zero-order valence-corrected chi connectivity index (χ0v) is 69.5. The van der Waals surface area contributed by atoms with E-state index in [1.54, 1.807) is 52.0 Å². The maximum Gasteiger partial charge on any atom is 0.419 e. The topological polar surface area (TPSA) is 340 Å². The van der Waals surface area contributed by atoms with Crippen LogP contribution in [0.4, 0.5) is 99.0 Å². The summed E-state index contributed by atoms with van der Waals surface area (Å²) in [5.41, 5.74) is 1.82. The third-order valence-corrected chi connectivity index (χ3v) is 23.0. The molecule has 8 aliphatic heterocycles. The molecule has 0 aliphatic carbocycles. The second-order valence-electron chi connectivity index (χ2n) is 31.7.